The van der Waals surface area contributed by atoms with Gasteiger partial charge in [0.25, 0.3) is 5.91 Å². The monoisotopic (exact) mass is 275 g/mol. The van der Waals surface area contributed by atoms with Gasteiger partial charge in [-0.05, 0) is 63.0 Å². The highest BCUT2D eigenvalue weighted by Crippen LogP contribution is 2.27. The van der Waals surface area contributed by atoms with Crippen molar-refractivity contribution in [2.24, 2.45) is 0 Å². The van der Waals surface area contributed by atoms with Crippen LogP contribution in [-0.2, 0) is 0 Å². The molecule has 1 aromatic carbocycles. The highest BCUT2D eigenvalue weighted by atomic mass is 16.2. The first kappa shape index (κ1) is 15.0. The van der Waals surface area contributed by atoms with Gasteiger partial charge in [0, 0.05) is 12.1 Å². The van der Waals surface area contributed by atoms with Gasteiger partial charge in [-0.1, -0.05) is 19.1 Å². The molecule has 0 saturated carbocycles. The first-order valence-electron chi connectivity index (χ1n) is 7.52. The average Bonchev–Trinajstić information content (AvgIpc) is 2.48. The SMILES string of the molecule is CCCNNC(=O)c1ccc(C2CCN(C)CC2)cc1. The van der Waals surface area contributed by atoms with E-state index in [1.54, 1.807) is 0 Å². The minimum Gasteiger partial charge on any atom is -0.306 e. The van der Waals surface area contributed by atoms with Crippen LogP contribution >= 0.6 is 0 Å². The average molecular weight is 275 g/mol. The van der Waals surface area contributed by atoms with Crippen LogP contribution in [0.2, 0.25) is 0 Å². The Bertz CT molecular complexity index is 422. The number of piperidine rings is 1. The van der Waals surface area contributed by atoms with Crippen LogP contribution in [0.4, 0.5) is 0 Å². The third-order valence-corrected chi connectivity index (χ3v) is 3.94. The Morgan fingerprint density at radius 1 is 1.25 bits per heavy atom. The fourth-order valence-corrected chi connectivity index (χ4v) is 2.59. The number of hydrazine groups is 1. The number of nitrogens with zero attached hydrogens (tertiary/aromatic N) is 1. The van der Waals surface area contributed by atoms with E-state index in [9.17, 15) is 4.79 Å². The summed E-state index contributed by atoms with van der Waals surface area (Å²) in [5.74, 6) is 0.579. The Morgan fingerprint density at radius 3 is 2.50 bits per heavy atom. The van der Waals surface area contributed by atoms with Crippen LogP contribution in [0, 0.1) is 0 Å². The van der Waals surface area contributed by atoms with Crippen LogP contribution in [0.3, 0.4) is 0 Å². The summed E-state index contributed by atoms with van der Waals surface area (Å²) in [6.45, 7) is 5.18. The lowest BCUT2D eigenvalue weighted by atomic mass is 9.89. The molecule has 2 rings (SSSR count). The third-order valence-electron chi connectivity index (χ3n) is 3.94. The van der Waals surface area contributed by atoms with E-state index < -0.39 is 0 Å². The Hall–Kier alpha value is -1.39. The van der Waals surface area contributed by atoms with Crippen molar-refractivity contribution in [3.63, 3.8) is 0 Å². The number of carbonyl (C=O) groups is 1. The van der Waals surface area contributed by atoms with Crippen LogP contribution in [-0.4, -0.2) is 37.5 Å². The second-order valence-corrected chi connectivity index (χ2v) is 5.58. The number of amides is 1. The molecule has 1 amide bonds. The molecule has 0 bridgehead atoms. The summed E-state index contributed by atoms with van der Waals surface area (Å²) in [7, 11) is 2.17. The molecule has 4 heteroatoms. The quantitative estimate of drug-likeness (QED) is 0.639. The zero-order chi connectivity index (χ0) is 14.4. The third kappa shape index (κ3) is 4.05. The number of nitrogens with one attached hydrogen (secondary N) is 2. The second-order valence-electron chi connectivity index (χ2n) is 5.58. The summed E-state index contributed by atoms with van der Waals surface area (Å²) in [6.07, 6.45) is 3.41. The smallest absolute Gasteiger partial charge is 0.265 e. The molecular formula is C16H25N3O. The first-order chi connectivity index (χ1) is 9.70. The van der Waals surface area contributed by atoms with Gasteiger partial charge in [-0.25, -0.2) is 5.43 Å². The van der Waals surface area contributed by atoms with Crippen molar-refractivity contribution in [3.8, 4) is 0 Å². The molecule has 1 heterocycles. The van der Waals surface area contributed by atoms with Crippen LogP contribution in [0.5, 0.6) is 0 Å². The van der Waals surface area contributed by atoms with Gasteiger partial charge in [0.15, 0.2) is 0 Å². The van der Waals surface area contributed by atoms with Gasteiger partial charge in [0.05, 0.1) is 0 Å². The maximum atomic E-state index is 11.9. The van der Waals surface area contributed by atoms with Crippen LogP contribution in [0.15, 0.2) is 24.3 Å². The Labute approximate surface area is 121 Å². The summed E-state index contributed by atoms with van der Waals surface area (Å²) in [6, 6.07) is 8.06. The summed E-state index contributed by atoms with van der Waals surface area (Å²) in [4.78, 5) is 14.2. The lowest BCUT2D eigenvalue weighted by Crippen LogP contribution is -2.37. The predicted octanol–water partition coefficient (Wildman–Crippen LogP) is 2.14. The van der Waals surface area contributed by atoms with E-state index in [-0.39, 0.29) is 5.91 Å². The zero-order valence-corrected chi connectivity index (χ0v) is 12.5. The fourth-order valence-electron chi connectivity index (χ4n) is 2.59. The van der Waals surface area contributed by atoms with Crippen molar-refractivity contribution in [3.05, 3.63) is 35.4 Å². The largest absolute Gasteiger partial charge is 0.306 e. The van der Waals surface area contributed by atoms with Gasteiger partial charge in [0.1, 0.15) is 0 Å². The Balaban J connectivity index is 1.90. The van der Waals surface area contributed by atoms with Gasteiger partial charge in [-0.3, -0.25) is 10.2 Å². The molecule has 20 heavy (non-hydrogen) atoms. The number of likely N-dealkylation sites (tertiary alicyclic amines) is 1. The van der Waals surface area contributed by atoms with Crippen molar-refractivity contribution >= 4 is 5.91 Å². The number of hydrogen-bond acceptors (Lipinski definition) is 3. The van der Waals surface area contributed by atoms with E-state index in [0.29, 0.717) is 11.5 Å². The van der Waals surface area contributed by atoms with Gasteiger partial charge in [0.2, 0.25) is 0 Å². The minimum absolute atomic E-state index is 0.0617. The summed E-state index contributed by atoms with van der Waals surface area (Å²) in [5.41, 5.74) is 7.69. The maximum Gasteiger partial charge on any atom is 0.265 e. The maximum absolute atomic E-state index is 11.9. The molecule has 110 valence electrons. The molecule has 0 atom stereocenters. The van der Waals surface area contributed by atoms with Crippen molar-refractivity contribution in [2.75, 3.05) is 26.7 Å². The molecule has 1 aliphatic rings. The van der Waals surface area contributed by atoms with E-state index >= 15 is 0 Å². The first-order valence-corrected chi connectivity index (χ1v) is 7.52. The number of hydrogen-bond donors (Lipinski definition) is 2. The number of rotatable bonds is 5. The lowest BCUT2D eigenvalue weighted by Gasteiger charge is -2.29. The normalized spacial score (nSPS) is 17.1. The van der Waals surface area contributed by atoms with Gasteiger partial charge in [-0.2, -0.15) is 0 Å². The molecular weight excluding hydrogens is 250 g/mol. The van der Waals surface area contributed by atoms with E-state index in [1.807, 2.05) is 12.1 Å². The Morgan fingerprint density at radius 2 is 1.90 bits per heavy atom. The van der Waals surface area contributed by atoms with Crippen LogP contribution in [0.1, 0.15) is 48.0 Å². The molecule has 0 unspecified atom stereocenters. The molecule has 1 saturated heterocycles. The van der Waals surface area contributed by atoms with E-state index in [4.69, 9.17) is 0 Å². The molecule has 2 N–H and O–H groups in total. The van der Waals surface area contributed by atoms with Gasteiger partial charge >= 0.3 is 0 Å². The zero-order valence-electron chi connectivity index (χ0n) is 12.5. The topological polar surface area (TPSA) is 44.4 Å². The standard InChI is InChI=1S/C16H25N3O/c1-3-10-17-18-16(20)15-6-4-13(5-7-15)14-8-11-19(2)12-9-14/h4-7,14,17H,3,8-12H2,1-2H3,(H,18,20). The molecule has 0 aliphatic carbocycles. The summed E-state index contributed by atoms with van der Waals surface area (Å²) in [5, 5.41) is 0. The van der Waals surface area contributed by atoms with E-state index in [1.165, 1.54) is 18.4 Å². The van der Waals surface area contributed by atoms with E-state index in [0.717, 1.165) is 26.1 Å². The molecule has 1 aliphatic heterocycles. The summed E-state index contributed by atoms with van der Waals surface area (Å²) < 4.78 is 0. The van der Waals surface area contributed by atoms with Gasteiger partial charge < -0.3 is 4.90 Å². The summed E-state index contributed by atoms with van der Waals surface area (Å²) >= 11 is 0. The minimum atomic E-state index is -0.0617. The van der Waals surface area contributed by atoms with Crippen molar-refractivity contribution in [1.82, 2.24) is 15.8 Å². The number of carbonyl (C=O) groups excluding carboxylic acids is 1. The highest BCUT2D eigenvalue weighted by molar-refractivity contribution is 5.93. The fraction of sp³-hybridized carbons (Fsp3) is 0.562. The highest BCUT2D eigenvalue weighted by Gasteiger charge is 2.18. The lowest BCUT2D eigenvalue weighted by molar-refractivity contribution is 0.0933. The van der Waals surface area contributed by atoms with Crippen molar-refractivity contribution < 1.29 is 4.79 Å². The number of benzene rings is 1. The van der Waals surface area contributed by atoms with Crippen LogP contribution in [0.25, 0.3) is 0 Å². The molecule has 0 spiro atoms. The van der Waals surface area contributed by atoms with Crippen molar-refractivity contribution in [1.29, 1.82) is 0 Å². The van der Waals surface area contributed by atoms with Crippen LogP contribution < -0.4 is 10.9 Å². The molecule has 0 radical (unpaired) electrons. The molecule has 1 aromatic rings. The second kappa shape index (κ2) is 7.41. The molecule has 0 aromatic heterocycles. The van der Waals surface area contributed by atoms with Crippen molar-refractivity contribution in [2.45, 2.75) is 32.1 Å². The van der Waals surface area contributed by atoms with E-state index in [2.05, 4.69) is 41.9 Å². The Kier molecular flexibility index (Phi) is 5.56. The molecule has 4 nitrogen and oxygen atoms in total. The van der Waals surface area contributed by atoms with Gasteiger partial charge in [-0.15, -0.1) is 0 Å². The molecule has 1 fully saturated rings. The predicted molar refractivity (Wildman–Crippen MR) is 81.7 cm³/mol.